The maximum Gasteiger partial charge on any atom is 0.416 e. The second kappa shape index (κ2) is 13.4. The van der Waals surface area contributed by atoms with Crippen LogP contribution in [0.4, 0.5) is 52.7 Å². The molecule has 0 aliphatic heterocycles. The summed E-state index contributed by atoms with van der Waals surface area (Å²) in [7, 11) is 0. The molecule has 8 aromatic rings. The van der Waals surface area contributed by atoms with Crippen molar-refractivity contribution in [3.63, 3.8) is 0 Å². The lowest BCUT2D eigenvalue weighted by atomic mass is 9.72. The summed E-state index contributed by atoms with van der Waals surface area (Å²) in [6.07, 6.45) is -18.3. The van der Waals surface area contributed by atoms with E-state index >= 15 is 0 Å². The summed E-state index contributed by atoms with van der Waals surface area (Å²) in [4.78, 5) is 5.65. The van der Waals surface area contributed by atoms with E-state index in [0.29, 0.717) is 41.8 Å². The Balaban J connectivity index is 1.21. The summed E-state index contributed by atoms with van der Waals surface area (Å²) in [5.74, 6) is 0. The van der Waals surface area contributed by atoms with Gasteiger partial charge in [-0.25, -0.2) is 0 Å². The number of alkyl halides is 12. The van der Waals surface area contributed by atoms with Gasteiger partial charge in [-0.15, -0.1) is 45.3 Å². The van der Waals surface area contributed by atoms with Crippen molar-refractivity contribution in [3.8, 4) is 61.3 Å². The number of thiophene rings is 4. The first kappa shape index (κ1) is 39.9. The fourth-order valence-electron chi connectivity index (χ4n) is 8.09. The number of fused-ring (bicyclic) bond motifs is 10. The third-order valence-electron chi connectivity index (χ3n) is 10.9. The predicted molar refractivity (Wildman–Crippen MR) is 216 cm³/mol. The largest absolute Gasteiger partial charge is 0.416 e. The molecule has 0 bridgehead atoms. The quantitative estimate of drug-likeness (QED) is 0.154. The molecule has 16 heteroatoms. The van der Waals surface area contributed by atoms with Gasteiger partial charge in [-0.3, -0.25) is 0 Å². The van der Waals surface area contributed by atoms with Crippen molar-refractivity contribution in [2.45, 2.75) is 30.1 Å². The van der Waals surface area contributed by atoms with Gasteiger partial charge in [0.2, 0.25) is 0 Å². The number of rotatable bonds is 4. The molecular formula is C45H20F12S4. The van der Waals surface area contributed by atoms with Gasteiger partial charge in [0.05, 0.1) is 47.2 Å². The van der Waals surface area contributed by atoms with E-state index in [1.165, 1.54) is 93.9 Å². The van der Waals surface area contributed by atoms with Crippen LogP contribution in [0, 0.1) is 0 Å². The molecule has 0 saturated heterocycles. The minimum atomic E-state index is -4.57. The fourth-order valence-corrected chi connectivity index (χ4v) is 13.3. The van der Waals surface area contributed by atoms with Gasteiger partial charge in [-0.1, -0.05) is 48.5 Å². The lowest BCUT2D eigenvalue weighted by Crippen LogP contribution is -2.24. The highest BCUT2D eigenvalue weighted by Gasteiger charge is 2.56. The second-order valence-electron chi connectivity index (χ2n) is 14.5. The predicted octanol–water partition coefficient (Wildman–Crippen LogP) is 17.0. The lowest BCUT2D eigenvalue weighted by molar-refractivity contribution is -0.138. The average molecular weight is 917 g/mol. The molecule has 0 saturated carbocycles. The third-order valence-corrected chi connectivity index (χ3v) is 16.0. The molecule has 0 nitrogen and oxygen atoms in total. The monoisotopic (exact) mass is 916 g/mol. The van der Waals surface area contributed by atoms with E-state index in [1.54, 1.807) is 0 Å². The van der Waals surface area contributed by atoms with E-state index in [4.69, 9.17) is 0 Å². The molecule has 0 unspecified atom stereocenters. The van der Waals surface area contributed by atoms with Gasteiger partial charge in [-0.2, -0.15) is 52.7 Å². The highest BCUT2D eigenvalue weighted by molar-refractivity contribution is 7.27. The molecule has 0 radical (unpaired) electrons. The maximum atomic E-state index is 13.6. The Kier molecular flexibility index (Phi) is 8.79. The van der Waals surface area contributed by atoms with Crippen LogP contribution in [-0.2, 0) is 30.1 Å². The van der Waals surface area contributed by atoms with Gasteiger partial charge < -0.3 is 0 Å². The van der Waals surface area contributed by atoms with Crippen LogP contribution in [0.25, 0.3) is 61.3 Å². The smallest absolute Gasteiger partial charge is 0.166 e. The van der Waals surface area contributed by atoms with Crippen LogP contribution in [-0.4, -0.2) is 0 Å². The number of halogens is 12. The summed E-state index contributed by atoms with van der Waals surface area (Å²) in [5.41, 5.74) is 0.712. The molecule has 1 spiro atoms. The first-order valence-electron chi connectivity index (χ1n) is 18.0. The van der Waals surface area contributed by atoms with Crippen molar-refractivity contribution in [1.82, 2.24) is 0 Å². The van der Waals surface area contributed by atoms with Crippen LogP contribution >= 0.6 is 45.3 Å². The van der Waals surface area contributed by atoms with Crippen molar-refractivity contribution in [2.75, 3.05) is 0 Å². The summed E-state index contributed by atoms with van der Waals surface area (Å²) in [6.45, 7) is 0. The number of hydrogen-bond acceptors (Lipinski definition) is 4. The van der Waals surface area contributed by atoms with Crippen LogP contribution in [0.15, 0.2) is 121 Å². The van der Waals surface area contributed by atoms with Crippen molar-refractivity contribution < 1.29 is 52.7 Å². The molecule has 0 amide bonds. The highest BCUT2D eigenvalue weighted by Crippen LogP contribution is 2.70. The highest BCUT2D eigenvalue weighted by atomic mass is 32.1. The van der Waals surface area contributed by atoms with E-state index in [1.807, 2.05) is 24.3 Å². The maximum absolute atomic E-state index is 13.6. The molecule has 2 aliphatic carbocycles. The molecule has 0 fully saturated rings. The molecule has 10 rings (SSSR count). The zero-order valence-electron chi connectivity index (χ0n) is 30.2. The van der Waals surface area contributed by atoms with Crippen molar-refractivity contribution in [3.05, 3.63) is 166 Å². The van der Waals surface area contributed by atoms with Gasteiger partial charge in [-0.05, 0) is 117 Å². The third kappa shape index (κ3) is 6.39. The van der Waals surface area contributed by atoms with Crippen LogP contribution in [0.5, 0.6) is 0 Å². The Labute approximate surface area is 353 Å². The van der Waals surface area contributed by atoms with E-state index in [0.717, 1.165) is 90.3 Å². The van der Waals surface area contributed by atoms with Crippen molar-refractivity contribution in [1.29, 1.82) is 0 Å². The molecular weight excluding hydrogens is 897 g/mol. The standard InChI is InChI=1S/C45H20F12S4/c46-42(47,48)25-9-1-21(2-10-25)33-17-29-37(58-33)38-30(18-34(59-38)22-3-11-26(12-4-22)43(49,50)51)41(29)31-19-35(23-5-13-27(14-6-23)44(52,53)54)60-39(31)40-32(41)20-36(61-40)24-7-15-28(16-8-24)45(55,56)57/h1-20H. The molecule has 308 valence electrons. The van der Waals surface area contributed by atoms with E-state index < -0.39 is 52.4 Å². The summed E-state index contributed by atoms with van der Waals surface area (Å²) in [5, 5.41) is 0. The minimum Gasteiger partial charge on any atom is -0.166 e. The summed E-state index contributed by atoms with van der Waals surface area (Å²) >= 11 is 5.38. The lowest BCUT2D eigenvalue weighted by Gasteiger charge is -2.27. The van der Waals surface area contributed by atoms with Gasteiger partial charge in [0.15, 0.2) is 0 Å². The van der Waals surface area contributed by atoms with Crippen molar-refractivity contribution >= 4 is 45.3 Å². The Morgan fingerprint density at radius 3 is 0.623 bits per heavy atom. The molecule has 0 N–H and O–H groups in total. The summed E-state index contributed by atoms with van der Waals surface area (Å²) in [6, 6.07) is 26.6. The van der Waals surface area contributed by atoms with E-state index in [2.05, 4.69) is 0 Å². The van der Waals surface area contributed by atoms with Crippen molar-refractivity contribution in [2.24, 2.45) is 0 Å². The Morgan fingerprint density at radius 1 is 0.279 bits per heavy atom. The van der Waals surface area contributed by atoms with Crippen LogP contribution < -0.4 is 0 Å². The Bertz CT molecular complexity index is 2570. The van der Waals surface area contributed by atoms with Crippen LogP contribution in [0.3, 0.4) is 0 Å². The van der Waals surface area contributed by atoms with Crippen LogP contribution in [0.2, 0.25) is 0 Å². The average Bonchev–Trinajstić information content (AvgIpc) is 4.05. The number of benzene rings is 4. The molecule has 4 aromatic heterocycles. The molecule has 2 aliphatic rings. The molecule has 61 heavy (non-hydrogen) atoms. The zero-order valence-corrected chi connectivity index (χ0v) is 33.5. The number of hydrogen-bond donors (Lipinski definition) is 0. The molecule has 0 atom stereocenters. The second-order valence-corrected chi connectivity index (χ2v) is 18.7. The first-order valence-corrected chi connectivity index (χ1v) is 21.3. The topological polar surface area (TPSA) is 0 Å². The Hall–Kier alpha value is -5.16. The van der Waals surface area contributed by atoms with E-state index in [9.17, 15) is 52.7 Å². The Morgan fingerprint density at radius 2 is 0.459 bits per heavy atom. The zero-order chi connectivity index (χ0) is 43.0. The van der Waals surface area contributed by atoms with Crippen LogP contribution in [0.1, 0.15) is 44.5 Å². The molecule has 4 aromatic carbocycles. The first-order chi connectivity index (χ1) is 28.7. The normalized spacial score (nSPS) is 14.4. The fraction of sp³-hybridized carbons (Fsp3) is 0.111. The summed E-state index contributed by atoms with van der Waals surface area (Å²) < 4.78 is 163. The van der Waals surface area contributed by atoms with Gasteiger partial charge in [0.1, 0.15) is 0 Å². The SMILES string of the molecule is FC(F)(F)c1ccc(-c2cc3c(s2)-c2sc(-c4ccc(C(F)(F)F)cc4)cc2C32c3cc(-c4ccc(C(F)(F)F)cc4)sc3-c3sc(-c4ccc(C(F)(F)F)cc4)cc32)cc1. The van der Waals surface area contributed by atoms with E-state index in [-0.39, 0.29) is 0 Å². The van der Waals surface area contributed by atoms with Gasteiger partial charge >= 0.3 is 24.7 Å². The van der Waals surface area contributed by atoms with Gasteiger partial charge in [0, 0.05) is 19.5 Å². The van der Waals surface area contributed by atoms with Gasteiger partial charge in [0.25, 0.3) is 0 Å². The minimum absolute atomic E-state index is 0.508. The molecule has 4 heterocycles.